The van der Waals surface area contributed by atoms with Crippen LogP contribution in [-0.2, 0) is 24.2 Å². The normalized spacial score (nSPS) is 21.1. The lowest BCUT2D eigenvalue weighted by Crippen LogP contribution is -2.34. The van der Waals surface area contributed by atoms with Gasteiger partial charge >= 0.3 is 0 Å². The van der Waals surface area contributed by atoms with Gasteiger partial charge in [0.15, 0.2) is 0 Å². The second-order valence-corrected chi connectivity index (χ2v) is 6.56. The van der Waals surface area contributed by atoms with Gasteiger partial charge in [-0.15, -0.1) is 10.2 Å². The molecule has 0 spiro atoms. The molecule has 2 aromatic rings. The maximum atomic E-state index is 5.82. The van der Waals surface area contributed by atoms with E-state index in [1.807, 2.05) is 6.20 Å². The minimum Gasteiger partial charge on any atom is -0.376 e. The number of imidazole rings is 1. The summed E-state index contributed by atoms with van der Waals surface area (Å²) in [6.45, 7) is 9.06. The second-order valence-electron chi connectivity index (χ2n) is 6.56. The zero-order valence-electron chi connectivity index (χ0n) is 13.7. The quantitative estimate of drug-likeness (QED) is 0.851. The van der Waals surface area contributed by atoms with Gasteiger partial charge in [0, 0.05) is 44.4 Å². The van der Waals surface area contributed by atoms with Crippen molar-refractivity contribution in [1.29, 1.82) is 0 Å². The van der Waals surface area contributed by atoms with Crippen molar-refractivity contribution in [2.24, 2.45) is 0 Å². The number of nitrogens with zero attached hydrogens (tertiary/aromatic N) is 5. The van der Waals surface area contributed by atoms with Crippen LogP contribution in [0.3, 0.4) is 0 Å². The van der Waals surface area contributed by atoms with Crippen molar-refractivity contribution in [3.05, 3.63) is 30.4 Å². The fourth-order valence-corrected chi connectivity index (χ4v) is 3.28. The molecule has 6 heteroatoms. The molecule has 120 valence electrons. The molecule has 2 aromatic heterocycles. The van der Waals surface area contributed by atoms with Gasteiger partial charge in [-0.05, 0) is 33.6 Å². The van der Waals surface area contributed by atoms with Crippen LogP contribution in [-0.4, -0.2) is 36.5 Å². The summed E-state index contributed by atoms with van der Waals surface area (Å²) >= 11 is 0. The van der Waals surface area contributed by atoms with Gasteiger partial charge in [-0.3, -0.25) is 0 Å². The highest BCUT2D eigenvalue weighted by atomic mass is 16.5. The first-order chi connectivity index (χ1) is 10.6. The summed E-state index contributed by atoms with van der Waals surface area (Å²) in [5, 5.41) is 8.21. The van der Waals surface area contributed by atoms with E-state index in [0.717, 1.165) is 44.8 Å². The molecule has 0 bridgehead atoms. The zero-order valence-corrected chi connectivity index (χ0v) is 13.7. The molecule has 1 saturated heterocycles. The Kier molecular flexibility index (Phi) is 4.29. The van der Waals surface area contributed by atoms with E-state index in [1.54, 1.807) is 6.33 Å². The first-order valence-corrected chi connectivity index (χ1v) is 8.11. The summed E-state index contributed by atoms with van der Waals surface area (Å²) in [5.41, 5.74) is -0.0535. The van der Waals surface area contributed by atoms with E-state index in [4.69, 9.17) is 4.74 Å². The van der Waals surface area contributed by atoms with Crippen LogP contribution < -0.4 is 0 Å². The molecule has 0 amide bonds. The summed E-state index contributed by atoms with van der Waals surface area (Å²) in [7, 11) is 0. The highest BCUT2D eigenvalue weighted by molar-refractivity contribution is 5.04. The SMILES string of the molecule is CCn1cnnc1CCn1ccnc1C1CCOC(C)(C)C1. The number of hydrogen-bond donors (Lipinski definition) is 0. The Hall–Kier alpha value is -1.69. The maximum Gasteiger partial charge on any atom is 0.134 e. The summed E-state index contributed by atoms with van der Waals surface area (Å²) in [6.07, 6.45) is 8.72. The summed E-state index contributed by atoms with van der Waals surface area (Å²) < 4.78 is 10.2. The van der Waals surface area contributed by atoms with Crippen molar-refractivity contribution in [3.63, 3.8) is 0 Å². The molecule has 1 aliphatic rings. The molecule has 3 heterocycles. The Morgan fingerprint density at radius 1 is 1.36 bits per heavy atom. The van der Waals surface area contributed by atoms with Crippen molar-refractivity contribution >= 4 is 0 Å². The van der Waals surface area contributed by atoms with E-state index in [-0.39, 0.29) is 5.60 Å². The Balaban J connectivity index is 1.70. The first-order valence-electron chi connectivity index (χ1n) is 8.11. The van der Waals surface area contributed by atoms with E-state index in [0.29, 0.717) is 5.92 Å². The van der Waals surface area contributed by atoms with E-state index >= 15 is 0 Å². The highest BCUT2D eigenvalue weighted by Crippen LogP contribution is 2.34. The number of aromatic nitrogens is 5. The van der Waals surface area contributed by atoms with Crippen LogP contribution in [0.2, 0.25) is 0 Å². The van der Waals surface area contributed by atoms with Crippen LogP contribution in [0.1, 0.15) is 51.2 Å². The van der Waals surface area contributed by atoms with Crippen LogP contribution >= 0.6 is 0 Å². The largest absolute Gasteiger partial charge is 0.376 e. The predicted molar refractivity (Wildman–Crippen MR) is 83.6 cm³/mol. The molecule has 1 fully saturated rings. The Morgan fingerprint density at radius 2 is 2.23 bits per heavy atom. The lowest BCUT2D eigenvalue weighted by Gasteiger charge is -2.35. The average molecular weight is 303 g/mol. The molecule has 22 heavy (non-hydrogen) atoms. The van der Waals surface area contributed by atoms with Crippen molar-refractivity contribution < 1.29 is 4.74 Å². The van der Waals surface area contributed by atoms with Gasteiger partial charge in [0.2, 0.25) is 0 Å². The van der Waals surface area contributed by atoms with Crippen LogP contribution in [0.15, 0.2) is 18.7 Å². The Morgan fingerprint density at radius 3 is 3.00 bits per heavy atom. The third-order valence-electron chi connectivity index (χ3n) is 4.42. The molecule has 0 radical (unpaired) electrons. The fraction of sp³-hybridized carbons (Fsp3) is 0.688. The zero-order chi connectivity index (χ0) is 15.6. The van der Waals surface area contributed by atoms with Crippen LogP contribution in [0, 0.1) is 0 Å². The average Bonchev–Trinajstić information content (AvgIpc) is 3.12. The summed E-state index contributed by atoms with van der Waals surface area (Å²) in [4.78, 5) is 4.61. The monoisotopic (exact) mass is 303 g/mol. The van der Waals surface area contributed by atoms with Gasteiger partial charge in [0.25, 0.3) is 0 Å². The minimum atomic E-state index is -0.0535. The maximum absolute atomic E-state index is 5.82. The lowest BCUT2D eigenvalue weighted by molar-refractivity contribution is -0.0606. The van der Waals surface area contributed by atoms with Crippen molar-refractivity contribution in [2.45, 2.75) is 64.6 Å². The molecule has 1 atom stereocenters. The van der Waals surface area contributed by atoms with Crippen molar-refractivity contribution in [1.82, 2.24) is 24.3 Å². The van der Waals surface area contributed by atoms with Crippen molar-refractivity contribution in [3.8, 4) is 0 Å². The van der Waals surface area contributed by atoms with Gasteiger partial charge in [-0.1, -0.05) is 0 Å². The van der Waals surface area contributed by atoms with Crippen LogP contribution in [0.5, 0.6) is 0 Å². The number of hydrogen-bond acceptors (Lipinski definition) is 4. The highest BCUT2D eigenvalue weighted by Gasteiger charge is 2.31. The van der Waals surface area contributed by atoms with E-state index in [9.17, 15) is 0 Å². The summed E-state index contributed by atoms with van der Waals surface area (Å²) in [6, 6.07) is 0. The van der Waals surface area contributed by atoms with Gasteiger partial charge in [-0.25, -0.2) is 4.98 Å². The molecular weight excluding hydrogens is 278 g/mol. The van der Waals surface area contributed by atoms with Gasteiger partial charge in [-0.2, -0.15) is 0 Å². The third kappa shape index (κ3) is 3.21. The van der Waals surface area contributed by atoms with E-state index in [1.165, 1.54) is 5.82 Å². The third-order valence-corrected chi connectivity index (χ3v) is 4.42. The fourth-order valence-electron chi connectivity index (χ4n) is 3.28. The molecule has 3 rings (SSSR count). The van der Waals surface area contributed by atoms with Crippen molar-refractivity contribution in [2.75, 3.05) is 6.61 Å². The number of ether oxygens (including phenoxy) is 1. The van der Waals surface area contributed by atoms with Crippen LogP contribution in [0.4, 0.5) is 0 Å². The molecular formula is C16H25N5O. The minimum absolute atomic E-state index is 0.0535. The Bertz CT molecular complexity index is 616. The number of rotatable bonds is 5. The molecule has 0 saturated carbocycles. The smallest absolute Gasteiger partial charge is 0.134 e. The topological polar surface area (TPSA) is 57.8 Å². The van der Waals surface area contributed by atoms with E-state index < -0.39 is 0 Å². The second kappa shape index (κ2) is 6.20. The standard InChI is InChI=1S/C16H25N5O/c1-4-20-12-18-19-14(20)5-8-21-9-7-17-15(21)13-6-10-22-16(2,3)11-13/h7,9,12-13H,4-6,8,10-11H2,1-3H3. The first kappa shape index (κ1) is 15.2. The summed E-state index contributed by atoms with van der Waals surface area (Å²) in [5.74, 6) is 2.69. The molecule has 0 aromatic carbocycles. The molecule has 6 nitrogen and oxygen atoms in total. The van der Waals surface area contributed by atoms with E-state index in [2.05, 4.69) is 51.3 Å². The Labute approximate surface area is 131 Å². The molecule has 0 N–H and O–H groups in total. The lowest BCUT2D eigenvalue weighted by atomic mass is 9.88. The van der Waals surface area contributed by atoms with Gasteiger partial charge < -0.3 is 13.9 Å². The molecule has 1 unspecified atom stereocenters. The van der Waals surface area contributed by atoms with Gasteiger partial charge in [0.05, 0.1) is 5.60 Å². The molecule has 0 aliphatic carbocycles. The number of aryl methyl sites for hydroxylation is 3. The predicted octanol–water partition coefficient (Wildman–Crippen LogP) is 2.41. The van der Waals surface area contributed by atoms with Gasteiger partial charge in [0.1, 0.15) is 18.0 Å². The molecule has 1 aliphatic heterocycles. The van der Waals surface area contributed by atoms with Crippen LogP contribution in [0.25, 0.3) is 0 Å².